The highest BCUT2D eigenvalue weighted by atomic mass is 19.2. The number of hydrogen-bond acceptors (Lipinski definition) is 3. The summed E-state index contributed by atoms with van der Waals surface area (Å²) in [7, 11) is 0. The predicted octanol–water partition coefficient (Wildman–Crippen LogP) is 4.92. The van der Waals surface area contributed by atoms with Gasteiger partial charge in [0.15, 0.2) is 11.6 Å². The number of hydrogen-bond donors (Lipinski definition) is 2. The van der Waals surface area contributed by atoms with E-state index in [0.29, 0.717) is 24.4 Å². The van der Waals surface area contributed by atoms with Crippen molar-refractivity contribution in [1.29, 1.82) is 0 Å². The molecule has 0 heterocycles. The fourth-order valence-electron chi connectivity index (χ4n) is 4.43. The predicted molar refractivity (Wildman–Crippen MR) is 116 cm³/mol. The zero-order chi connectivity index (χ0) is 22.4. The Bertz CT molecular complexity index is 889. The minimum atomic E-state index is -1.06. The van der Waals surface area contributed by atoms with Crippen molar-refractivity contribution in [3.8, 4) is 5.75 Å². The van der Waals surface area contributed by atoms with Crippen LogP contribution in [-0.4, -0.2) is 29.8 Å². The fraction of sp³-hybridized carbons (Fsp3) is 0.480. The van der Waals surface area contributed by atoms with Crippen LogP contribution in [0, 0.1) is 17.6 Å². The minimum absolute atomic E-state index is 0.0382. The van der Waals surface area contributed by atoms with E-state index in [0.717, 1.165) is 25.3 Å². The molecule has 3 rings (SSSR count). The standard InChI is InChI=1S/C25H31F2NO3/c1-25(2,16-17-14-19-6-3-4-7-20(19)15-17)28-12-5-13-31-24-18(9-11-22(29)30)8-10-21(26)23(24)27/h3-4,6-8,10,17,28H,5,9,11-16H2,1-2H3,(H,29,30). The van der Waals surface area contributed by atoms with Gasteiger partial charge in [-0.3, -0.25) is 4.79 Å². The molecule has 168 valence electrons. The molecule has 0 saturated carbocycles. The first-order chi connectivity index (χ1) is 14.7. The van der Waals surface area contributed by atoms with E-state index in [4.69, 9.17) is 9.84 Å². The Labute approximate surface area is 182 Å². The van der Waals surface area contributed by atoms with Crippen LogP contribution in [0.3, 0.4) is 0 Å². The second-order valence-corrected chi connectivity index (χ2v) is 9.00. The molecular weight excluding hydrogens is 400 g/mol. The van der Waals surface area contributed by atoms with Gasteiger partial charge in [0.2, 0.25) is 5.82 Å². The van der Waals surface area contributed by atoms with Gasteiger partial charge in [0.25, 0.3) is 0 Å². The van der Waals surface area contributed by atoms with Crippen LogP contribution in [0.5, 0.6) is 5.75 Å². The highest BCUT2D eigenvalue weighted by Gasteiger charge is 2.27. The van der Waals surface area contributed by atoms with E-state index in [1.807, 2.05) is 0 Å². The first-order valence-electron chi connectivity index (χ1n) is 10.9. The number of fused-ring (bicyclic) bond motifs is 1. The molecule has 1 aliphatic rings. The lowest BCUT2D eigenvalue weighted by molar-refractivity contribution is -0.136. The SMILES string of the molecule is CC(C)(CC1Cc2ccccc2C1)NCCCOc1c(CCC(=O)O)ccc(F)c1F. The number of nitrogens with one attached hydrogen (secondary N) is 1. The normalized spacial score (nSPS) is 13.9. The van der Waals surface area contributed by atoms with E-state index < -0.39 is 17.6 Å². The maximum Gasteiger partial charge on any atom is 0.303 e. The summed E-state index contributed by atoms with van der Waals surface area (Å²) in [5.41, 5.74) is 3.24. The molecule has 6 heteroatoms. The molecule has 2 aromatic rings. The number of halogens is 2. The Hall–Kier alpha value is -2.47. The van der Waals surface area contributed by atoms with Crippen molar-refractivity contribution in [1.82, 2.24) is 5.32 Å². The van der Waals surface area contributed by atoms with Crippen LogP contribution in [0.4, 0.5) is 8.78 Å². The van der Waals surface area contributed by atoms with E-state index >= 15 is 0 Å². The number of rotatable bonds is 11. The van der Waals surface area contributed by atoms with Gasteiger partial charge in [-0.1, -0.05) is 30.3 Å². The van der Waals surface area contributed by atoms with Crippen molar-refractivity contribution >= 4 is 5.97 Å². The molecule has 0 fully saturated rings. The summed E-state index contributed by atoms with van der Waals surface area (Å²) in [6.07, 6.45) is 3.84. The molecule has 0 aliphatic heterocycles. The second-order valence-electron chi connectivity index (χ2n) is 9.00. The van der Waals surface area contributed by atoms with Crippen molar-refractivity contribution in [2.45, 2.75) is 57.9 Å². The van der Waals surface area contributed by atoms with Gasteiger partial charge < -0.3 is 15.2 Å². The average Bonchev–Trinajstić information content (AvgIpc) is 3.11. The summed E-state index contributed by atoms with van der Waals surface area (Å²) < 4.78 is 33.3. The maximum absolute atomic E-state index is 14.2. The quantitative estimate of drug-likeness (QED) is 0.496. The third kappa shape index (κ3) is 6.50. The highest BCUT2D eigenvalue weighted by Crippen LogP contribution is 2.32. The molecule has 0 amide bonds. The lowest BCUT2D eigenvalue weighted by Crippen LogP contribution is -2.42. The number of carboxylic acid groups (broad SMARTS) is 1. The van der Waals surface area contributed by atoms with Crippen molar-refractivity contribution in [2.24, 2.45) is 5.92 Å². The van der Waals surface area contributed by atoms with Gasteiger partial charge in [-0.2, -0.15) is 4.39 Å². The second kappa shape index (κ2) is 10.2. The zero-order valence-electron chi connectivity index (χ0n) is 18.2. The Morgan fingerprint density at radius 2 is 1.84 bits per heavy atom. The van der Waals surface area contributed by atoms with Crippen molar-refractivity contribution < 1.29 is 23.4 Å². The van der Waals surface area contributed by atoms with Crippen LogP contribution in [0.25, 0.3) is 0 Å². The van der Waals surface area contributed by atoms with E-state index in [-0.39, 0.29) is 30.7 Å². The lowest BCUT2D eigenvalue weighted by Gasteiger charge is -2.29. The van der Waals surface area contributed by atoms with E-state index in [1.165, 1.54) is 17.2 Å². The Kier molecular flexibility index (Phi) is 7.65. The molecule has 2 N–H and O–H groups in total. The zero-order valence-corrected chi connectivity index (χ0v) is 18.2. The van der Waals surface area contributed by atoms with Crippen LogP contribution in [0.2, 0.25) is 0 Å². The van der Waals surface area contributed by atoms with E-state index in [2.05, 4.69) is 43.4 Å². The monoisotopic (exact) mass is 431 g/mol. The molecule has 4 nitrogen and oxygen atoms in total. The molecule has 0 bridgehead atoms. The van der Waals surface area contributed by atoms with Crippen LogP contribution in [-0.2, 0) is 24.1 Å². The molecule has 31 heavy (non-hydrogen) atoms. The number of aryl methyl sites for hydroxylation is 1. The summed E-state index contributed by atoms with van der Waals surface area (Å²) in [5.74, 6) is -2.60. The number of ether oxygens (including phenoxy) is 1. The summed E-state index contributed by atoms with van der Waals surface area (Å²) in [4.78, 5) is 10.8. The first kappa shape index (κ1) is 23.2. The van der Waals surface area contributed by atoms with E-state index in [1.54, 1.807) is 0 Å². The summed E-state index contributed by atoms with van der Waals surface area (Å²) in [6, 6.07) is 11.0. The van der Waals surface area contributed by atoms with Gasteiger partial charge in [0, 0.05) is 12.0 Å². The Balaban J connectivity index is 1.44. The Morgan fingerprint density at radius 3 is 2.48 bits per heavy atom. The fourth-order valence-corrected chi connectivity index (χ4v) is 4.43. The average molecular weight is 432 g/mol. The number of carboxylic acids is 1. The van der Waals surface area contributed by atoms with Crippen molar-refractivity contribution in [3.05, 3.63) is 64.7 Å². The van der Waals surface area contributed by atoms with Gasteiger partial charge in [-0.15, -0.1) is 0 Å². The molecule has 0 unspecified atom stereocenters. The molecule has 0 saturated heterocycles. The number of carbonyl (C=O) groups is 1. The van der Waals surface area contributed by atoms with E-state index in [9.17, 15) is 13.6 Å². The molecule has 0 atom stereocenters. The molecular formula is C25H31F2NO3. The molecule has 1 aliphatic carbocycles. The third-order valence-corrected chi connectivity index (χ3v) is 5.85. The van der Waals surface area contributed by atoms with Gasteiger partial charge in [0.1, 0.15) is 0 Å². The van der Waals surface area contributed by atoms with Crippen LogP contribution < -0.4 is 10.1 Å². The van der Waals surface area contributed by atoms with Crippen LogP contribution in [0.15, 0.2) is 36.4 Å². The molecule has 2 aromatic carbocycles. The third-order valence-electron chi connectivity index (χ3n) is 5.85. The molecule has 0 radical (unpaired) electrons. The van der Waals surface area contributed by atoms with Gasteiger partial charge in [-0.25, -0.2) is 4.39 Å². The summed E-state index contributed by atoms with van der Waals surface area (Å²) >= 11 is 0. The van der Waals surface area contributed by atoms with Crippen molar-refractivity contribution in [2.75, 3.05) is 13.2 Å². The lowest BCUT2D eigenvalue weighted by atomic mass is 9.88. The topological polar surface area (TPSA) is 58.6 Å². The largest absolute Gasteiger partial charge is 0.490 e. The molecule has 0 spiro atoms. The smallest absolute Gasteiger partial charge is 0.303 e. The maximum atomic E-state index is 14.2. The first-order valence-corrected chi connectivity index (χ1v) is 10.9. The van der Waals surface area contributed by atoms with Gasteiger partial charge >= 0.3 is 5.97 Å². The molecule has 0 aromatic heterocycles. The van der Waals surface area contributed by atoms with Gasteiger partial charge in [0.05, 0.1) is 6.61 Å². The summed E-state index contributed by atoms with van der Waals surface area (Å²) in [6.45, 7) is 5.28. The number of benzene rings is 2. The minimum Gasteiger partial charge on any atom is -0.490 e. The summed E-state index contributed by atoms with van der Waals surface area (Å²) in [5, 5.41) is 12.4. The highest BCUT2D eigenvalue weighted by molar-refractivity contribution is 5.67. The van der Waals surface area contributed by atoms with Crippen molar-refractivity contribution in [3.63, 3.8) is 0 Å². The number of aliphatic carboxylic acids is 1. The van der Waals surface area contributed by atoms with Crippen LogP contribution in [0.1, 0.15) is 49.8 Å². The van der Waals surface area contributed by atoms with Gasteiger partial charge in [-0.05, 0) is 81.2 Å². The Morgan fingerprint density at radius 1 is 1.16 bits per heavy atom. The van der Waals surface area contributed by atoms with Crippen LogP contribution >= 0.6 is 0 Å².